The fourth-order valence-corrected chi connectivity index (χ4v) is 5.21. The molecule has 0 rings (SSSR count). The van der Waals surface area contributed by atoms with Gasteiger partial charge in [-0.15, -0.1) is 0 Å². The Bertz CT molecular complexity index is 566. The number of rotatable bonds is 29. The normalized spacial score (nSPS) is 12.7. The summed E-state index contributed by atoms with van der Waals surface area (Å²) in [7, 11) is -4.61. The summed E-state index contributed by atoms with van der Waals surface area (Å²) in [6.45, 7) is 4.49. The Labute approximate surface area is 254 Å². The summed E-state index contributed by atoms with van der Waals surface area (Å²) in [5, 5.41) is 0. The van der Waals surface area contributed by atoms with E-state index in [4.69, 9.17) is 0 Å². The molecule has 6 heteroatoms. The fourth-order valence-electron chi connectivity index (χ4n) is 4.87. The molecule has 0 radical (unpaired) electrons. The van der Waals surface area contributed by atoms with Crippen molar-refractivity contribution in [2.24, 2.45) is 5.92 Å². The number of unbranched alkanes of at least 4 members (excludes halogenated alkanes) is 22. The molecule has 37 heavy (non-hydrogen) atoms. The van der Waals surface area contributed by atoms with E-state index in [0.29, 0.717) is 0 Å². The third-order valence-electron chi connectivity index (χ3n) is 7.24. The van der Waals surface area contributed by atoms with Crippen molar-refractivity contribution in [3.8, 4) is 0 Å². The van der Waals surface area contributed by atoms with Gasteiger partial charge in [0.1, 0.15) is 0 Å². The Balaban J connectivity index is 0. The molecule has 0 aromatic carbocycles. The first kappa shape index (κ1) is 39.8. The Morgan fingerprint density at radius 2 is 0.946 bits per heavy atom. The fraction of sp³-hybridized carbons (Fsp3) is 0.935. The van der Waals surface area contributed by atoms with E-state index in [1.165, 1.54) is 141 Å². The summed E-state index contributed by atoms with van der Waals surface area (Å²) in [6, 6.07) is 0. The molecule has 0 N–H and O–H groups in total. The molecule has 1 unspecified atom stereocenters. The van der Waals surface area contributed by atoms with Gasteiger partial charge in [-0.1, -0.05) is 167 Å². The summed E-state index contributed by atoms with van der Waals surface area (Å²) in [4.78, 5) is 0. The summed E-state index contributed by atoms with van der Waals surface area (Å²) >= 11 is 0. The van der Waals surface area contributed by atoms with Gasteiger partial charge in [0.15, 0.2) is 0 Å². The van der Waals surface area contributed by atoms with Crippen LogP contribution in [0.3, 0.4) is 0 Å². The molecule has 0 fully saturated rings. The van der Waals surface area contributed by atoms with E-state index >= 15 is 0 Å². The minimum absolute atomic E-state index is 0. The van der Waals surface area contributed by atoms with Gasteiger partial charge in [-0.25, -0.2) is 8.42 Å². The topological polar surface area (TPSA) is 66.4 Å². The number of allylic oxidation sites excluding steroid dienone is 1. The molecule has 0 bridgehead atoms. The van der Waals surface area contributed by atoms with E-state index in [1.807, 2.05) is 0 Å². The average Bonchev–Trinajstić information content (AvgIpc) is 2.85. The summed E-state index contributed by atoms with van der Waals surface area (Å²) in [5.74, 6) is 0.0187. The van der Waals surface area contributed by atoms with Crippen LogP contribution in [0.15, 0.2) is 12.2 Å². The summed E-state index contributed by atoms with van der Waals surface area (Å²) in [5.41, 5.74) is 0. The maximum atomic E-state index is 10.9. The van der Waals surface area contributed by atoms with Crippen molar-refractivity contribution in [3.05, 3.63) is 12.2 Å². The first-order valence-corrected chi connectivity index (χ1v) is 17.1. The zero-order valence-corrected chi connectivity index (χ0v) is 28.0. The Hall–Kier alpha value is 0.610. The van der Waals surface area contributed by atoms with Crippen LogP contribution >= 0.6 is 0 Å². The summed E-state index contributed by atoms with van der Waals surface area (Å²) in [6.07, 6.45) is 36.7. The Morgan fingerprint density at radius 3 is 1.32 bits per heavy atom. The molecule has 0 saturated carbocycles. The van der Waals surface area contributed by atoms with E-state index < -0.39 is 10.4 Å². The van der Waals surface area contributed by atoms with Gasteiger partial charge in [-0.05, 0) is 19.3 Å². The molecule has 216 valence electrons. The smallest absolute Gasteiger partial charge is 0.726 e. The Kier molecular flexibility index (Phi) is 33.5. The van der Waals surface area contributed by atoms with Crippen LogP contribution in [0.25, 0.3) is 0 Å². The van der Waals surface area contributed by atoms with Crippen LogP contribution in [-0.4, -0.2) is 19.6 Å². The van der Waals surface area contributed by atoms with Crippen molar-refractivity contribution >= 4 is 10.4 Å². The molecule has 0 aromatic heterocycles. The van der Waals surface area contributed by atoms with Gasteiger partial charge in [0.2, 0.25) is 10.4 Å². The predicted octanol–water partition coefficient (Wildman–Crippen LogP) is 7.43. The number of hydrogen-bond acceptors (Lipinski definition) is 4. The van der Waals surface area contributed by atoms with Crippen LogP contribution in [0.4, 0.5) is 0 Å². The van der Waals surface area contributed by atoms with Crippen LogP contribution in [0, 0.1) is 5.92 Å². The van der Waals surface area contributed by atoms with Crippen molar-refractivity contribution in [1.29, 1.82) is 0 Å². The second kappa shape index (κ2) is 31.1. The minimum Gasteiger partial charge on any atom is -0.726 e. The van der Waals surface area contributed by atoms with Gasteiger partial charge in [0.05, 0.1) is 6.61 Å². The van der Waals surface area contributed by atoms with E-state index in [-0.39, 0.29) is 42.1 Å². The third-order valence-corrected chi connectivity index (χ3v) is 7.66. The van der Waals surface area contributed by atoms with Gasteiger partial charge in [0, 0.05) is 5.92 Å². The van der Waals surface area contributed by atoms with E-state index in [1.54, 1.807) is 0 Å². The van der Waals surface area contributed by atoms with Crippen LogP contribution < -0.4 is 29.6 Å². The molecule has 0 aromatic rings. The molecule has 0 heterocycles. The molecule has 0 amide bonds. The first-order valence-electron chi connectivity index (χ1n) is 15.8. The van der Waals surface area contributed by atoms with Crippen molar-refractivity contribution in [3.63, 3.8) is 0 Å². The number of hydrogen-bond donors (Lipinski definition) is 0. The molecule has 1 atom stereocenters. The molecule has 0 aliphatic rings. The molecule has 0 spiro atoms. The second-order valence-corrected chi connectivity index (χ2v) is 11.9. The molecule has 4 nitrogen and oxygen atoms in total. The largest absolute Gasteiger partial charge is 1.00 e. The van der Waals surface area contributed by atoms with Gasteiger partial charge < -0.3 is 4.55 Å². The predicted molar refractivity (Wildman–Crippen MR) is 155 cm³/mol. The SMILES string of the molecule is CCCCCCCC/C=C/C(CCCCCCCCCCCCCCCCCCC)COS(=O)(=O)[O-].[Na+]. The van der Waals surface area contributed by atoms with E-state index in [9.17, 15) is 13.0 Å². The van der Waals surface area contributed by atoms with Crippen molar-refractivity contribution in [2.75, 3.05) is 6.61 Å². The van der Waals surface area contributed by atoms with Gasteiger partial charge >= 0.3 is 29.6 Å². The zero-order valence-electron chi connectivity index (χ0n) is 25.2. The summed E-state index contributed by atoms with van der Waals surface area (Å²) < 4.78 is 37.2. The van der Waals surface area contributed by atoms with Gasteiger partial charge in [-0.2, -0.15) is 0 Å². The van der Waals surface area contributed by atoms with E-state index in [0.717, 1.165) is 19.3 Å². The van der Waals surface area contributed by atoms with Gasteiger partial charge in [-0.3, -0.25) is 4.18 Å². The quantitative estimate of drug-likeness (QED) is 0.0318. The van der Waals surface area contributed by atoms with Crippen molar-refractivity contribution < 1.29 is 46.7 Å². The maximum Gasteiger partial charge on any atom is 1.00 e. The maximum absolute atomic E-state index is 10.9. The van der Waals surface area contributed by atoms with Crippen LogP contribution in [0.5, 0.6) is 0 Å². The Morgan fingerprint density at radius 1 is 0.595 bits per heavy atom. The molecular weight excluding hydrogens is 491 g/mol. The third kappa shape index (κ3) is 34.6. The van der Waals surface area contributed by atoms with Crippen molar-refractivity contribution in [1.82, 2.24) is 0 Å². The second-order valence-electron chi connectivity index (χ2n) is 10.9. The zero-order chi connectivity index (χ0) is 26.6. The minimum atomic E-state index is -4.61. The average molecular weight is 553 g/mol. The van der Waals surface area contributed by atoms with Crippen LogP contribution in [0.2, 0.25) is 0 Å². The molecule has 0 aliphatic heterocycles. The van der Waals surface area contributed by atoms with Crippen molar-refractivity contribution in [2.45, 2.75) is 174 Å². The van der Waals surface area contributed by atoms with Gasteiger partial charge in [0.25, 0.3) is 0 Å². The monoisotopic (exact) mass is 552 g/mol. The van der Waals surface area contributed by atoms with Crippen LogP contribution in [-0.2, 0) is 14.6 Å². The standard InChI is InChI=1S/C31H62O4S.Na/c1-3-5-7-9-11-13-14-15-16-17-18-19-20-21-23-25-27-29-31(30-35-36(32,33)34)28-26-24-22-12-10-8-6-4-2;/h26,28,31H,3-25,27,29-30H2,1-2H3,(H,32,33,34);/q;+1/p-1/b28-26+;. The molecular formula is C31H61NaO4S. The first-order chi connectivity index (χ1) is 17.5. The molecule has 0 saturated heterocycles. The van der Waals surface area contributed by atoms with Crippen LogP contribution in [0.1, 0.15) is 174 Å². The molecule has 0 aliphatic carbocycles. The van der Waals surface area contributed by atoms with E-state index in [2.05, 4.69) is 30.2 Å².